The highest BCUT2D eigenvalue weighted by atomic mass is 19.1. The number of nitrogen functional groups attached to an aromatic ring is 1. The summed E-state index contributed by atoms with van der Waals surface area (Å²) in [5.41, 5.74) is 4.97. The smallest absolute Gasteiger partial charge is 0.167 e. The monoisotopic (exact) mass is 261 g/mol. The van der Waals surface area contributed by atoms with Gasteiger partial charge in [0.2, 0.25) is 0 Å². The second-order valence-corrected chi connectivity index (χ2v) is 3.61. The first kappa shape index (κ1) is 14.7. The first-order valence-corrected chi connectivity index (χ1v) is 5.59. The molecule has 0 aliphatic carbocycles. The molecule has 0 aliphatic rings. The van der Waals surface area contributed by atoms with Crippen molar-refractivity contribution in [3.8, 4) is 5.75 Å². The van der Waals surface area contributed by atoms with E-state index in [2.05, 4.69) is 0 Å². The van der Waals surface area contributed by atoms with Crippen molar-refractivity contribution < 1.29 is 23.0 Å². The summed E-state index contributed by atoms with van der Waals surface area (Å²) < 4.78 is 41.4. The zero-order valence-electron chi connectivity index (χ0n) is 10.2. The van der Waals surface area contributed by atoms with E-state index in [9.17, 15) is 8.78 Å². The number of anilines is 1. The minimum Gasteiger partial charge on any atom is -0.488 e. The first-order chi connectivity index (χ1) is 8.65. The van der Waals surface area contributed by atoms with E-state index in [-0.39, 0.29) is 18.0 Å². The summed E-state index contributed by atoms with van der Waals surface area (Å²) in [5.74, 6) is -1.55. The maximum absolute atomic E-state index is 13.3. The number of methoxy groups -OCH3 is 1. The van der Waals surface area contributed by atoms with Crippen molar-refractivity contribution in [2.45, 2.75) is 6.42 Å². The van der Waals surface area contributed by atoms with Crippen LogP contribution in [0.15, 0.2) is 12.1 Å². The summed E-state index contributed by atoms with van der Waals surface area (Å²) in [6.07, 6.45) is 0.779. The van der Waals surface area contributed by atoms with Crippen molar-refractivity contribution in [2.75, 3.05) is 39.3 Å². The lowest BCUT2D eigenvalue weighted by atomic mass is 10.3. The molecular weight excluding hydrogens is 244 g/mol. The van der Waals surface area contributed by atoms with Crippen LogP contribution in [0.2, 0.25) is 0 Å². The van der Waals surface area contributed by atoms with Gasteiger partial charge in [-0.25, -0.2) is 8.78 Å². The van der Waals surface area contributed by atoms with Crippen LogP contribution in [-0.4, -0.2) is 33.5 Å². The van der Waals surface area contributed by atoms with Gasteiger partial charge in [0.05, 0.1) is 12.3 Å². The zero-order valence-corrected chi connectivity index (χ0v) is 10.2. The van der Waals surface area contributed by atoms with Gasteiger partial charge in [-0.2, -0.15) is 0 Å². The summed E-state index contributed by atoms with van der Waals surface area (Å²) in [6, 6.07) is 1.82. The first-order valence-electron chi connectivity index (χ1n) is 5.59. The zero-order chi connectivity index (χ0) is 13.4. The third kappa shape index (κ3) is 4.85. The average molecular weight is 261 g/mol. The van der Waals surface area contributed by atoms with Crippen LogP contribution in [0.25, 0.3) is 0 Å². The van der Waals surface area contributed by atoms with Gasteiger partial charge in [-0.3, -0.25) is 0 Å². The number of nitrogens with two attached hydrogens (primary N) is 1. The van der Waals surface area contributed by atoms with Gasteiger partial charge in [0.1, 0.15) is 12.4 Å². The van der Waals surface area contributed by atoms with Gasteiger partial charge < -0.3 is 19.9 Å². The Morgan fingerprint density at radius 3 is 2.56 bits per heavy atom. The normalized spacial score (nSPS) is 10.6. The van der Waals surface area contributed by atoms with Gasteiger partial charge in [0, 0.05) is 32.5 Å². The molecule has 1 aromatic rings. The predicted octanol–water partition coefficient (Wildman–Crippen LogP) is 1.98. The molecule has 0 radical (unpaired) electrons. The molecule has 0 saturated carbocycles. The van der Waals surface area contributed by atoms with Crippen molar-refractivity contribution in [3.05, 3.63) is 23.8 Å². The van der Waals surface area contributed by atoms with E-state index in [1.54, 1.807) is 7.11 Å². The Balaban J connectivity index is 2.25. The Hall–Kier alpha value is -1.40. The molecule has 1 rings (SSSR count). The summed E-state index contributed by atoms with van der Waals surface area (Å²) in [7, 11) is 1.61. The molecule has 0 bridgehead atoms. The molecule has 1 aromatic carbocycles. The lowest BCUT2D eigenvalue weighted by Gasteiger charge is -2.09. The highest BCUT2D eigenvalue weighted by molar-refractivity contribution is 5.44. The van der Waals surface area contributed by atoms with Crippen LogP contribution < -0.4 is 10.5 Å². The number of ether oxygens (including phenoxy) is 3. The quantitative estimate of drug-likeness (QED) is 0.574. The van der Waals surface area contributed by atoms with E-state index >= 15 is 0 Å². The Labute approximate surface area is 105 Å². The predicted molar refractivity (Wildman–Crippen MR) is 63.6 cm³/mol. The number of hydrogen-bond acceptors (Lipinski definition) is 4. The molecular formula is C12H17F2NO3. The molecule has 0 fully saturated rings. The van der Waals surface area contributed by atoms with E-state index in [1.807, 2.05) is 0 Å². The van der Waals surface area contributed by atoms with Crippen LogP contribution >= 0.6 is 0 Å². The molecule has 4 nitrogen and oxygen atoms in total. The summed E-state index contributed by atoms with van der Waals surface area (Å²) >= 11 is 0. The molecule has 0 aliphatic heterocycles. The number of benzene rings is 1. The fourth-order valence-corrected chi connectivity index (χ4v) is 1.27. The summed E-state index contributed by atoms with van der Waals surface area (Å²) in [6.45, 7) is 1.61. The van der Waals surface area contributed by atoms with Crippen molar-refractivity contribution in [3.63, 3.8) is 0 Å². The van der Waals surface area contributed by atoms with E-state index in [0.29, 0.717) is 19.8 Å². The number of rotatable bonds is 8. The highest BCUT2D eigenvalue weighted by Gasteiger charge is 2.08. The minimum absolute atomic E-state index is 0.146. The molecule has 102 valence electrons. The molecule has 0 unspecified atom stereocenters. The van der Waals surface area contributed by atoms with Crippen molar-refractivity contribution in [1.29, 1.82) is 0 Å². The van der Waals surface area contributed by atoms with Gasteiger partial charge in [0.15, 0.2) is 11.6 Å². The average Bonchev–Trinajstić information content (AvgIpc) is 2.34. The molecule has 0 spiro atoms. The van der Waals surface area contributed by atoms with E-state index in [0.717, 1.165) is 18.6 Å². The van der Waals surface area contributed by atoms with Crippen LogP contribution in [0, 0.1) is 11.6 Å². The lowest BCUT2D eigenvalue weighted by Crippen LogP contribution is -2.09. The minimum atomic E-state index is -0.701. The third-order valence-electron chi connectivity index (χ3n) is 2.17. The summed E-state index contributed by atoms with van der Waals surface area (Å²) in [4.78, 5) is 0. The second kappa shape index (κ2) is 7.84. The van der Waals surface area contributed by atoms with Gasteiger partial charge in [-0.05, 0) is 6.42 Å². The van der Waals surface area contributed by atoms with Gasteiger partial charge >= 0.3 is 0 Å². The molecule has 0 aromatic heterocycles. The molecule has 2 N–H and O–H groups in total. The Morgan fingerprint density at radius 2 is 1.83 bits per heavy atom. The van der Waals surface area contributed by atoms with Crippen molar-refractivity contribution in [1.82, 2.24) is 0 Å². The van der Waals surface area contributed by atoms with Crippen LogP contribution in [0.5, 0.6) is 5.75 Å². The fourth-order valence-electron chi connectivity index (χ4n) is 1.27. The molecule has 0 amide bonds. The second-order valence-electron chi connectivity index (χ2n) is 3.61. The van der Waals surface area contributed by atoms with Gasteiger partial charge in [-0.15, -0.1) is 0 Å². The standard InChI is InChI=1S/C12H17F2NO3/c1-16-3-2-4-17-5-6-18-12-8-9(13)11(15)7-10(12)14/h7-8H,2-6,15H2,1H3. The maximum Gasteiger partial charge on any atom is 0.167 e. The van der Waals surface area contributed by atoms with Crippen molar-refractivity contribution >= 4 is 5.69 Å². The summed E-state index contributed by atoms with van der Waals surface area (Å²) in [5, 5.41) is 0. The van der Waals surface area contributed by atoms with E-state index in [4.69, 9.17) is 19.9 Å². The van der Waals surface area contributed by atoms with Crippen LogP contribution in [-0.2, 0) is 9.47 Å². The number of halogens is 2. The Kier molecular flexibility index (Phi) is 6.38. The molecule has 0 saturated heterocycles. The van der Waals surface area contributed by atoms with Crippen LogP contribution in [0.4, 0.5) is 14.5 Å². The van der Waals surface area contributed by atoms with Crippen molar-refractivity contribution in [2.24, 2.45) is 0 Å². The molecule has 6 heteroatoms. The van der Waals surface area contributed by atoms with E-state index in [1.165, 1.54) is 0 Å². The fraction of sp³-hybridized carbons (Fsp3) is 0.500. The topological polar surface area (TPSA) is 53.7 Å². The maximum atomic E-state index is 13.3. The largest absolute Gasteiger partial charge is 0.488 e. The number of hydrogen-bond donors (Lipinski definition) is 1. The Morgan fingerprint density at radius 1 is 1.06 bits per heavy atom. The van der Waals surface area contributed by atoms with Gasteiger partial charge in [0.25, 0.3) is 0 Å². The third-order valence-corrected chi connectivity index (χ3v) is 2.17. The van der Waals surface area contributed by atoms with Crippen LogP contribution in [0.1, 0.15) is 6.42 Å². The molecule has 18 heavy (non-hydrogen) atoms. The Bertz CT molecular complexity index is 375. The van der Waals surface area contributed by atoms with Crippen LogP contribution in [0.3, 0.4) is 0 Å². The van der Waals surface area contributed by atoms with Gasteiger partial charge in [-0.1, -0.05) is 0 Å². The lowest BCUT2D eigenvalue weighted by molar-refractivity contribution is 0.0796. The molecule has 0 atom stereocenters. The SMILES string of the molecule is COCCCOCCOc1cc(F)c(N)cc1F. The highest BCUT2D eigenvalue weighted by Crippen LogP contribution is 2.22. The van der Waals surface area contributed by atoms with E-state index < -0.39 is 11.6 Å². The molecule has 0 heterocycles.